The van der Waals surface area contributed by atoms with Crippen LogP contribution in [0, 0.1) is 11.8 Å². The van der Waals surface area contributed by atoms with E-state index in [9.17, 15) is 29.1 Å². The van der Waals surface area contributed by atoms with Crippen LogP contribution < -0.4 is 27.1 Å². The third kappa shape index (κ3) is 12.1. The van der Waals surface area contributed by atoms with Crippen molar-refractivity contribution in [2.75, 3.05) is 20.2 Å². The van der Waals surface area contributed by atoms with E-state index in [1.165, 1.54) is 13.2 Å². The Morgan fingerprint density at radius 2 is 1.62 bits per heavy atom. The van der Waals surface area contributed by atoms with Gasteiger partial charge in [0.1, 0.15) is 11.7 Å². The molecule has 52 heavy (non-hydrogen) atoms. The molecule has 0 spiro atoms. The topological polar surface area (TPSA) is 205 Å². The number of para-hydroxylation sites is 1. The van der Waals surface area contributed by atoms with E-state index in [-0.39, 0.29) is 30.5 Å². The molecular formula is C38H51N7O7. The number of ether oxygens (including phenoxy) is 1. The van der Waals surface area contributed by atoms with Crippen LogP contribution in [-0.4, -0.2) is 89.3 Å². The first-order valence-electron chi connectivity index (χ1n) is 17.8. The summed E-state index contributed by atoms with van der Waals surface area (Å²) in [5.41, 5.74) is 10.5. The lowest BCUT2D eigenvalue weighted by molar-refractivity contribution is -0.131. The summed E-state index contributed by atoms with van der Waals surface area (Å²) in [6, 6.07) is 16.6. The van der Waals surface area contributed by atoms with Crippen molar-refractivity contribution in [3.05, 3.63) is 78.0 Å². The largest absolute Gasteiger partial charge is 0.453 e. The number of rotatable bonds is 16. The number of fused-ring (bicyclic) bond motifs is 1. The average molecular weight is 718 g/mol. The van der Waals surface area contributed by atoms with Gasteiger partial charge in [0.2, 0.25) is 11.8 Å². The molecular weight excluding hydrogens is 666 g/mol. The fourth-order valence-corrected chi connectivity index (χ4v) is 6.31. The van der Waals surface area contributed by atoms with E-state index >= 15 is 0 Å². The lowest BCUT2D eigenvalue weighted by Crippen LogP contribution is -2.59. The number of aliphatic hydroxyl groups is 1. The van der Waals surface area contributed by atoms with E-state index in [4.69, 9.17) is 10.5 Å². The van der Waals surface area contributed by atoms with Gasteiger partial charge in [-0.1, -0.05) is 87.7 Å². The molecule has 0 bridgehead atoms. The van der Waals surface area contributed by atoms with Crippen LogP contribution in [0.25, 0.3) is 10.9 Å². The third-order valence-corrected chi connectivity index (χ3v) is 9.20. The Balaban J connectivity index is 1.44. The van der Waals surface area contributed by atoms with Crippen molar-refractivity contribution in [1.82, 2.24) is 31.4 Å². The Bertz CT molecular complexity index is 1670. The van der Waals surface area contributed by atoms with Gasteiger partial charge < -0.3 is 26.2 Å². The van der Waals surface area contributed by atoms with E-state index in [0.717, 1.165) is 43.1 Å². The standard InChI is InChI=1S/C38H51N7O7/c1-24(2)34(43-38(51)52-3)37(50)44-45(22-26-14-8-5-9-15-26)23-32(46)31(20-25-12-6-4-7-13-25)41-35(48)28(39)21-33(47)42-36(49)30-19-18-27-16-10-11-17-29(27)40-30/h4,6-7,10-13,16-19,24,26,28,31-32,34,46H,5,8-9,14-15,20-23,39H2,1-3H3,(H,41,48)(H,43,51)(H,44,50)(H,42,47,49)/t28-,31?,32?,34-/m0/s1. The number of hydrogen-bond acceptors (Lipinski definition) is 10. The van der Waals surface area contributed by atoms with E-state index in [1.807, 2.05) is 42.5 Å². The van der Waals surface area contributed by atoms with Gasteiger partial charge in [0, 0.05) is 18.5 Å². The molecule has 1 aliphatic carbocycles. The first-order valence-corrected chi connectivity index (χ1v) is 17.8. The van der Waals surface area contributed by atoms with Gasteiger partial charge in [0.25, 0.3) is 11.8 Å². The number of hydrogen-bond donors (Lipinski definition) is 6. The Hall–Kier alpha value is -4.92. The quantitative estimate of drug-likeness (QED) is 0.120. The summed E-state index contributed by atoms with van der Waals surface area (Å²) in [6.07, 6.45) is 3.01. The van der Waals surface area contributed by atoms with Gasteiger partial charge in [-0.25, -0.2) is 14.8 Å². The molecule has 2 aromatic carbocycles. The van der Waals surface area contributed by atoms with Crippen molar-refractivity contribution < 1.29 is 33.8 Å². The third-order valence-electron chi connectivity index (χ3n) is 9.20. The Morgan fingerprint density at radius 1 is 0.923 bits per heavy atom. The van der Waals surface area contributed by atoms with E-state index in [1.54, 1.807) is 37.1 Å². The van der Waals surface area contributed by atoms with Gasteiger partial charge in [-0.3, -0.25) is 29.9 Å². The van der Waals surface area contributed by atoms with E-state index < -0.39 is 60.4 Å². The number of carbonyl (C=O) groups excluding carboxylic acids is 5. The monoisotopic (exact) mass is 717 g/mol. The Labute approximate surface area is 304 Å². The second kappa shape index (κ2) is 19.6. The number of imide groups is 1. The number of aromatic nitrogens is 1. The molecule has 1 heterocycles. The number of aliphatic hydroxyl groups excluding tert-OH is 1. The van der Waals surface area contributed by atoms with Crippen LogP contribution in [0.4, 0.5) is 4.79 Å². The predicted molar refractivity (Wildman–Crippen MR) is 195 cm³/mol. The molecule has 0 aliphatic heterocycles. The molecule has 280 valence electrons. The summed E-state index contributed by atoms with van der Waals surface area (Å²) in [4.78, 5) is 68.7. The number of benzene rings is 2. The summed E-state index contributed by atoms with van der Waals surface area (Å²) >= 11 is 0. The zero-order valence-electron chi connectivity index (χ0n) is 30.0. The van der Waals surface area contributed by atoms with Gasteiger partial charge in [0.05, 0.1) is 37.2 Å². The van der Waals surface area contributed by atoms with Crippen LogP contribution in [0.15, 0.2) is 66.7 Å². The predicted octanol–water partition coefficient (Wildman–Crippen LogP) is 2.59. The van der Waals surface area contributed by atoms with Gasteiger partial charge in [-0.2, -0.15) is 0 Å². The molecule has 1 aromatic heterocycles. The molecule has 1 saturated carbocycles. The molecule has 2 unspecified atom stereocenters. The van der Waals surface area contributed by atoms with Crippen LogP contribution in [0.3, 0.4) is 0 Å². The molecule has 1 fully saturated rings. The number of nitrogens with two attached hydrogens (primary N) is 1. The summed E-state index contributed by atoms with van der Waals surface area (Å²) in [5.74, 6) is -2.63. The molecule has 0 saturated heterocycles. The smallest absolute Gasteiger partial charge is 0.407 e. The molecule has 4 rings (SSSR count). The van der Waals surface area contributed by atoms with Crippen molar-refractivity contribution in [2.45, 2.75) is 83.0 Å². The number of carbonyl (C=O) groups is 5. The Morgan fingerprint density at radius 3 is 2.31 bits per heavy atom. The highest BCUT2D eigenvalue weighted by molar-refractivity contribution is 6.05. The first-order chi connectivity index (χ1) is 24.9. The molecule has 7 N–H and O–H groups in total. The maximum atomic E-state index is 13.5. The minimum absolute atomic E-state index is 0.0433. The molecule has 14 heteroatoms. The van der Waals surface area contributed by atoms with Gasteiger partial charge in [-0.05, 0) is 48.8 Å². The number of nitrogens with zero attached hydrogens (tertiary/aromatic N) is 2. The van der Waals surface area contributed by atoms with Gasteiger partial charge >= 0.3 is 6.09 Å². The maximum absolute atomic E-state index is 13.5. The lowest BCUT2D eigenvalue weighted by Gasteiger charge is -2.35. The lowest BCUT2D eigenvalue weighted by atomic mass is 9.89. The van der Waals surface area contributed by atoms with Gasteiger partial charge in [-0.15, -0.1) is 0 Å². The van der Waals surface area contributed by atoms with Crippen molar-refractivity contribution >= 4 is 40.6 Å². The normalized spacial score (nSPS) is 15.7. The zero-order valence-corrected chi connectivity index (χ0v) is 30.0. The SMILES string of the molecule is COC(=O)N[C@H](C(=O)NN(CC1CCCCC1)CC(O)C(Cc1ccccc1)NC(=O)[C@@H](N)CC(=O)NC(=O)c1ccc2ccccc2n1)C(C)C. The second-order valence-electron chi connectivity index (χ2n) is 13.7. The fourth-order valence-electron chi connectivity index (χ4n) is 6.31. The van der Waals surface area contributed by atoms with Crippen LogP contribution in [0.5, 0.6) is 0 Å². The maximum Gasteiger partial charge on any atom is 0.407 e. The number of nitrogens with one attached hydrogen (secondary N) is 4. The first kappa shape index (κ1) is 39.9. The molecule has 1 aliphatic rings. The molecule has 5 amide bonds. The highest BCUT2D eigenvalue weighted by atomic mass is 16.5. The zero-order chi connectivity index (χ0) is 37.6. The van der Waals surface area contributed by atoms with Crippen LogP contribution in [-0.2, 0) is 25.5 Å². The minimum atomic E-state index is -1.34. The highest BCUT2D eigenvalue weighted by Gasteiger charge is 2.31. The van der Waals surface area contributed by atoms with Crippen LogP contribution in [0.1, 0.15) is 68.4 Å². The number of hydrazine groups is 1. The average Bonchev–Trinajstić information content (AvgIpc) is 3.13. The molecule has 14 nitrogen and oxygen atoms in total. The summed E-state index contributed by atoms with van der Waals surface area (Å²) in [5, 5.41) is 21.8. The van der Waals surface area contributed by atoms with Crippen molar-refractivity contribution in [3.8, 4) is 0 Å². The van der Waals surface area contributed by atoms with E-state index in [2.05, 4.69) is 26.4 Å². The van der Waals surface area contributed by atoms with Crippen molar-refractivity contribution in [3.63, 3.8) is 0 Å². The minimum Gasteiger partial charge on any atom is -0.453 e. The summed E-state index contributed by atoms with van der Waals surface area (Å²) in [7, 11) is 1.22. The Kier molecular flexibility index (Phi) is 15.0. The number of amides is 5. The van der Waals surface area contributed by atoms with Gasteiger partial charge in [0.15, 0.2) is 0 Å². The summed E-state index contributed by atoms with van der Waals surface area (Å²) in [6.45, 7) is 4.00. The van der Waals surface area contributed by atoms with E-state index in [0.29, 0.717) is 12.1 Å². The number of alkyl carbamates (subject to hydrolysis) is 1. The molecule has 0 radical (unpaired) electrons. The summed E-state index contributed by atoms with van der Waals surface area (Å²) < 4.78 is 4.71. The fraction of sp³-hybridized carbons (Fsp3) is 0.474. The van der Waals surface area contributed by atoms with Crippen LogP contribution in [0.2, 0.25) is 0 Å². The highest BCUT2D eigenvalue weighted by Crippen LogP contribution is 2.24. The number of methoxy groups -OCH3 is 1. The van der Waals surface area contributed by atoms with Crippen molar-refractivity contribution in [1.29, 1.82) is 0 Å². The molecule has 4 atom stereocenters. The van der Waals surface area contributed by atoms with Crippen molar-refractivity contribution in [2.24, 2.45) is 17.6 Å². The van der Waals surface area contributed by atoms with Crippen LogP contribution >= 0.6 is 0 Å². The molecule has 3 aromatic rings. The second-order valence-corrected chi connectivity index (χ2v) is 13.7. The number of pyridine rings is 1.